The fourth-order valence-corrected chi connectivity index (χ4v) is 2.52. The molecular weight excluding hydrogens is 171 g/mol. The van der Waals surface area contributed by atoms with E-state index >= 15 is 0 Å². The van der Waals surface area contributed by atoms with Gasteiger partial charge in [0.2, 0.25) is 0 Å². The van der Waals surface area contributed by atoms with Crippen LogP contribution in [0.4, 0.5) is 0 Å². The molecule has 69 valence electrons. The zero-order chi connectivity index (χ0) is 9.76. The van der Waals surface area contributed by atoms with Crippen molar-refractivity contribution in [1.82, 2.24) is 0 Å². The summed E-state index contributed by atoms with van der Waals surface area (Å²) in [5.41, 5.74) is 3.81. The number of benzene rings is 1. The summed E-state index contributed by atoms with van der Waals surface area (Å²) in [5, 5.41) is 0. The summed E-state index contributed by atoms with van der Waals surface area (Å²) in [6.07, 6.45) is 3.17. The van der Waals surface area contributed by atoms with Crippen LogP contribution in [-0.4, -0.2) is 13.1 Å². The first-order chi connectivity index (χ1) is 6.75. The molecule has 1 saturated carbocycles. The van der Waals surface area contributed by atoms with Gasteiger partial charge in [-0.15, -0.1) is 0 Å². The molecule has 0 heterocycles. The minimum Gasteiger partial charge on any atom is -0.294 e. The van der Waals surface area contributed by atoms with Crippen molar-refractivity contribution in [3.8, 4) is 0 Å². The molecule has 2 aliphatic rings. The lowest BCUT2D eigenvalue weighted by Gasteiger charge is -2.07. The van der Waals surface area contributed by atoms with Gasteiger partial charge in [-0.1, -0.05) is 30.5 Å². The molecule has 2 heteroatoms. The zero-order valence-electron chi connectivity index (χ0n) is 8.34. The SMILES string of the molecule is C[B]c1ccc2c(c1)C1(CC1)CC2=O. The molecule has 0 saturated heterocycles. The molecule has 1 nitrogen and oxygen atoms in total. The van der Waals surface area contributed by atoms with Crippen molar-refractivity contribution in [2.24, 2.45) is 0 Å². The van der Waals surface area contributed by atoms with Gasteiger partial charge >= 0.3 is 0 Å². The van der Waals surface area contributed by atoms with E-state index in [-0.39, 0.29) is 5.41 Å². The van der Waals surface area contributed by atoms with Gasteiger partial charge in [0.25, 0.3) is 0 Å². The molecule has 0 atom stereocenters. The highest BCUT2D eigenvalue weighted by Crippen LogP contribution is 2.56. The van der Waals surface area contributed by atoms with Gasteiger partial charge in [0, 0.05) is 17.4 Å². The molecule has 0 amide bonds. The van der Waals surface area contributed by atoms with E-state index < -0.39 is 0 Å². The van der Waals surface area contributed by atoms with E-state index in [1.165, 1.54) is 23.9 Å². The first-order valence-corrected chi connectivity index (χ1v) is 5.22. The van der Waals surface area contributed by atoms with Gasteiger partial charge in [-0.2, -0.15) is 0 Å². The summed E-state index contributed by atoms with van der Waals surface area (Å²) in [5.74, 6) is 0.347. The first-order valence-electron chi connectivity index (χ1n) is 5.22. The highest BCUT2D eigenvalue weighted by atomic mass is 16.1. The Morgan fingerprint density at radius 1 is 1.36 bits per heavy atom. The van der Waals surface area contributed by atoms with Crippen LogP contribution in [0.1, 0.15) is 35.2 Å². The Kier molecular flexibility index (Phi) is 1.48. The van der Waals surface area contributed by atoms with Crippen molar-refractivity contribution in [3.63, 3.8) is 0 Å². The molecule has 1 spiro atoms. The third kappa shape index (κ3) is 0.942. The lowest BCUT2D eigenvalue weighted by Crippen LogP contribution is -2.13. The number of rotatable bonds is 1. The number of ketones is 1. The molecule has 1 fully saturated rings. The van der Waals surface area contributed by atoms with Crippen LogP contribution in [0.3, 0.4) is 0 Å². The minimum atomic E-state index is 0.269. The quantitative estimate of drug-likeness (QED) is 0.605. The van der Waals surface area contributed by atoms with Crippen LogP contribution in [0.25, 0.3) is 0 Å². The molecule has 1 radical (unpaired) electrons. The fourth-order valence-electron chi connectivity index (χ4n) is 2.52. The molecule has 0 bridgehead atoms. The number of hydrogen-bond acceptors (Lipinski definition) is 1. The first kappa shape index (κ1) is 8.28. The highest BCUT2D eigenvalue weighted by Gasteiger charge is 2.51. The average molecular weight is 183 g/mol. The topological polar surface area (TPSA) is 17.1 Å². The molecule has 1 aromatic carbocycles. The second kappa shape index (κ2) is 2.50. The fraction of sp³-hybridized carbons (Fsp3) is 0.417. The summed E-state index contributed by atoms with van der Waals surface area (Å²) < 4.78 is 0. The normalized spacial score (nSPS) is 21.1. The van der Waals surface area contributed by atoms with Gasteiger partial charge in [0.05, 0.1) is 0 Å². The number of Topliss-reactive ketones (excluding diaryl/α,β-unsaturated/α-hetero) is 1. The predicted molar refractivity (Wildman–Crippen MR) is 57.6 cm³/mol. The summed E-state index contributed by atoms with van der Waals surface area (Å²) in [4.78, 5) is 11.7. The maximum atomic E-state index is 11.7. The van der Waals surface area contributed by atoms with Crippen molar-refractivity contribution in [2.75, 3.05) is 0 Å². The lowest BCUT2D eigenvalue weighted by molar-refractivity contribution is 0.0986. The van der Waals surface area contributed by atoms with E-state index in [9.17, 15) is 4.79 Å². The van der Waals surface area contributed by atoms with Gasteiger partial charge in [-0.3, -0.25) is 4.79 Å². The summed E-state index contributed by atoms with van der Waals surface area (Å²) in [7, 11) is 2.10. The summed E-state index contributed by atoms with van der Waals surface area (Å²) in [6.45, 7) is 2.04. The van der Waals surface area contributed by atoms with E-state index in [4.69, 9.17) is 0 Å². The maximum Gasteiger partial charge on any atom is 0.164 e. The Balaban J connectivity index is 2.18. The Morgan fingerprint density at radius 2 is 2.14 bits per heavy atom. The Labute approximate surface area is 84.8 Å². The second-order valence-electron chi connectivity index (χ2n) is 4.47. The molecule has 0 aliphatic heterocycles. The number of carbonyl (C=O) groups is 1. The summed E-state index contributed by atoms with van der Waals surface area (Å²) >= 11 is 0. The van der Waals surface area contributed by atoms with Crippen LogP contribution >= 0.6 is 0 Å². The van der Waals surface area contributed by atoms with E-state index in [0.29, 0.717) is 5.78 Å². The van der Waals surface area contributed by atoms with Crippen molar-refractivity contribution < 1.29 is 4.79 Å². The Hall–Kier alpha value is -1.05. The van der Waals surface area contributed by atoms with Crippen LogP contribution in [0.2, 0.25) is 6.82 Å². The minimum absolute atomic E-state index is 0.269. The smallest absolute Gasteiger partial charge is 0.164 e. The molecule has 3 rings (SSSR count). The Bertz CT molecular complexity index is 418. The van der Waals surface area contributed by atoms with Gasteiger partial charge in [-0.05, 0) is 18.4 Å². The van der Waals surface area contributed by atoms with Crippen molar-refractivity contribution >= 4 is 18.5 Å². The van der Waals surface area contributed by atoms with Gasteiger partial charge in [0.1, 0.15) is 7.28 Å². The van der Waals surface area contributed by atoms with Gasteiger partial charge in [-0.25, -0.2) is 0 Å². The number of carbonyl (C=O) groups excluding carboxylic acids is 1. The van der Waals surface area contributed by atoms with Gasteiger partial charge < -0.3 is 0 Å². The molecule has 0 aromatic heterocycles. The summed E-state index contributed by atoms with van der Waals surface area (Å²) in [6, 6.07) is 6.24. The Morgan fingerprint density at radius 3 is 2.79 bits per heavy atom. The molecule has 1 aromatic rings. The lowest BCUT2D eigenvalue weighted by atomic mass is 9.72. The largest absolute Gasteiger partial charge is 0.294 e. The molecule has 0 unspecified atom stereocenters. The third-order valence-electron chi connectivity index (χ3n) is 3.60. The third-order valence-corrected chi connectivity index (χ3v) is 3.60. The maximum absolute atomic E-state index is 11.7. The van der Waals surface area contributed by atoms with Crippen LogP contribution in [0.5, 0.6) is 0 Å². The number of hydrogen-bond donors (Lipinski definition) is 0. The van der Waals surface area contributed by atoms with Crippen LogP contribution in [0.15, 0.2) is 18.2 Å². The predicted octanol–water partition coefficient (Wildman–Crippen LogP) is 1.68. The van der Waals surface area contributed by atoms with Crippen molar-refractivity contribution in [2.45, 2.75) is 31.5 Å². The van der Waals surface area contributed by atoms with Crippen LogP contribution in [0, 0.1) is 0 Å². The van der Waals surface area contributed by atoms with Crippen LogP contribution < -0.4 is 5.46 Å². The zero-order valence-corrected chi connectivity index (χ0v) is 8.34. The van der Waals surface area contributed by atoms with E-state index in [2.05, 4.69) is 13.3 Å². The molecular formula is C12H12BO. The molecule has 0 N–H and O–H groups in total. The average Bonchev–Trinajstić information content (AvgIpc) is 2.91. The van der Waals surface area contributed by atoms with Gasteiger partial charge in [0.15, 0.2) is 5.78 Å². The highest BCUT2D eigenvalue weighted by molar-refractivity contribution is 6.52. The van der Waals surface area contributed by atoms with E-state index in [1.54, 1.807) is 0 Å². The molecule has 14 heavy (non-hydrogen) atoms. The number of fused-ring (bicyclic) bond motifs is 2. The van der Waals surface area contributed by atoms with Crippen molar-refractivity contribution in [3.05, 3.63) is 29.3 Å². The standard InChI is InChI=1S/C12H12BO/c1-13-8-2-3-9-10(6-8)12(4-5-12)7-11(9)14/h2-3,6H,4-5,7H2,1H3. The van der Waals surface area contributed by atoms with Crippen molar-refractivity contribution in [1.29, 1.82) is 0 Å². The van der Waals surface area contributed by atoms with Crippen LogP contribution in [-0.2, 0) is 5.41 Å². The molecule has 2 aliphatic carbocycles. The monoisotopic (exact) mass is 183 g/mol. The second-order valence-corrected chi connectivity index (χ2v) is 4.47. The van der Waals surface area contributed by atoms with E-state index in [0.717, 1.165) is 12.0 Å². The van der Waals surface area contributed by atoms with E-state index in [1.807, 2.05) is 19.0 Å².